The Morgan fingerprint density at radius 3 is 2.32 bits per heavy atom. The zero-order valence-electron chi connectivity index (χ0n) is 13.7. The Bertz CT molecular complexity index is 829. The molecule has 0 saturated carbocycles. The molecule has 0 aliphatic carbocycles. The van der Waals surface area contributed by atoms with E-state index in [4.69, 9.17) is 5.73 Å². The SMILES string of the molecule is Cc1c([N+](=O)[O-])cccc1S(=O)(=O)N(CCN)Cc1ccccc1.Cl. The molecule has 0 aromatic heterocycles. The van der Waals surface area contributed by atoms with E-state index < -0.39 is 14.9 Å². The lowest BCUT2D eigenvalue weighted by atomic mass is 10.2. The van der Waals surface area contributed by atoms with E-state index in [1.54, 1.807) is 0 Å². The third kappa shape index (κ3) is 4.76. The molecule has 136 valence electrons. The number of nitro benzene ring substituents is 1. The highest BCUT2D eigenvalue weighted by Crippen LogP contribution is 2.27. The molecule has 2 N–H and O–H groups in total. The van der Waals surface area contributed by atoms with Gasteiger partial charge in [-0.1, -0.05) is 36.4 Å². The van der Waals surface area contributed by atoms with Crippen LogP contribution in [0.4, 0.5) is 5.69 Å². The van der Waals surface area contributed by atoms with Gasteiger partial charge in [-0.15, -0.1) is 12.4 Å². The van der Waals surface area contributed by atoms with Crippen molar-refractivity contribution < 1.29 is 13.3 Å². The molecule has 0 bridgehead atoms. The van der Waals surface area contributed by atoms with Crippen molar-refractivity contribution in [2.45, 2.75) is 18.4 Å². The number of hydrogen-bond donors (Lipinski definition) is 1. The normalized spacial score (nSPS) is 11.2. The molecular weight excluding hydrogens is 366 g/mol. The highest BCUT2D eigenvalue weighted by Gasteiger charge is 2.28. The second-order valence-corrected chi connectivity index (χ2v) is 7.18. The summed E-state index contributed by atoms with van der Waals surface area (Å²) in [5.74, 6) is 0. The number of benzene rings is 2. The Morgan fingerprint density at radius 1 is 1.12 bits per heavy atom. The van der Waals surface area contributed by atoms with Crippen molar-refractivity contribution in [3.8, 4) is 0 Å². The van der Waals surface area contributed by atoms with Crippen LogP contribution in [0.3, 0.4) is 0 Å². The summed E-state index contributed by atoms with van der Waals surface area (Å²) in [6.07, 6.45) is 0. The zero-order chi connectivity index (χ0) is 17.7. The van der Waals surface area contributed by atoms with Gasteiger partial charge in [0.05, 0.1) is 9.82 Å². The van der Waals surface area contributed by atoms with Crippen molar-refractivity contribution in [3.05, 3.63) is 69.8 Å². The van der Waals surface area contributed by atoms with E-state index in [1.807, 2.05) is 30.3 Å². The maximum Gasteiger partial charge on any atom is 0.273 e. The molecule has 0 fully saturated rings. The molecule has 2 rings (SSSR count). The molecule has 0 amide bonds. The number of nitrogens with two attached hydrogens (primary N) is 1. The van der Waals surface area contributed by atoms with Crippen LogP contribution in [0.15, 0.2) is 53.4 Å². The van der Waals surface area contributed by atoms with Gasteiger partial charge in [0, 0.05) is 31.3 Å². The first kappa shape index (κ1) is 21.0. The van der Waals surface area contributed by atoms with E-state index in [1.165, 1.54) is 29.4 Å². The second kappa shape index (κ2) is 8.91. The second-order valence-electron chi connectivity index (χ2n) is 5.27. The number of rotatable bonds is 7. The highest BCUT2D eigenvalue weighted by molar-refractivity contribution is 7.89. The number of nitrogens with zero attached hydrogens (tertiary/aromatic N) is 2. The third-order valence-electron chi connectivity index (χ3n) is 3.65. The van der Waals surface area contributed by atoms with E-state index in [-0.39, 0.29) is 48.2 Å². The summed E-state index contributed by atoms with van der Waals surface area (Å²) in [5, 5.41) is 11.1. The van der Waals surface area contributed by atoms with Crippen LogP contribution in [0.25, 0.3) is 0 Å². The smallest absolute Gasteiger partial charge is 0.273 e. The minimum absolute atomic E-state index is 0. The Balaban J connectivity index is 0.00000312. The molecular formula is C16H20ClN3O4S. The minimum atomic E-state index is -3.90. The van der Waals surface area contributed by atoms with Gasteiger partial charge in [0.15, 0.2) is 0 Å². The summed E-state index contributed by atoms with van der Waals surface area (Å²) in [4.78, 5) is 10.4. The fourth-order valence-corrected chi connectivity index (χ4v) is 4.12. The zero-order valence-corrected chi connectivity index (χ0v) is 15.3. The van der Waals surface area contributed by atoms with Crippen LogP contribution >= 0.6 is 12.4 Å². The van der Waals surface area contributed by atoms with Gasteiger partial charge >= 0.3 is 0 Å². The van der Waals surface area contributed by atoms with Gasteiger partial charge in [-0.05, 0) is 18.6 Å². The van der Waals surface area contributed by atoms with Gasteiger partial charge in [0.2, 0.25) is 10.0 Å². The maximum atomic E-state index is 13.0. The Morgan fingerprint density at radius 2 is 1.76 bits per heavy atom. The van der Waals surface area contributed by atoms with Crippen LogP contribution in [0.2, 0.25) is 0 Å². The summed E-state index contributed by atoms with van der Waals surface area (Å²) in [6.45, 7) is 1.87. The van der Waals surface area contributed by atoms with Crippen molar-refractivity contribution in [1.29, 1.82) is 0 Å². The summed E-state index contributed by atoms with van der Waals surface area (Å²) < 4.78 is 27.2. The fraction of sp³-hybridized carbons (Fsp3) is 0.250. The number of hydrogen-bond acceptors (Lipinski definition) is 5. The quantitative estimate of drug-likeness (QED) is 0.582. The minimum Gasteiger partial charge on any atom is -0.329 e. The molecule has 0 aliphatic heterocycles. The Labute approximate surface area is 153 Å². The average molecular weight is 386 g/mol. The van der Waals surface area contributed by atoms with Gasteiger partial charge in [0.25, 0.3) is 5.69 Å². The predicted octanol–water partition coefficient (Wildman–Crippen LogP) is 2.47. The van der Waals surface area contributed by atoms with Crippen molar-refractivity contribution in [1.82, 2.24) is 4.31 Å². The molecule has 0 heterocycles. The first-order chi connectivity index (χ1) is 11.4. The Kier molecular flexibility index (Phi) is 7.50. The Hall–Kier alpha value is -2.00. The summed E-state index contributed by atoms with van der Waals surface area (Å²) in [5.41, 5.74) is 6.28. The summed E-state index contributed by atoms with van der Waals surface area (Å²) in [6, 6.07) is 13.2. The first-order valence-electron chi connectivity index (χ1n) is 7.36. The molecule has 0 spiro atoms. The van der Waals surface area contributed by atoms with E-state index in [9.17, 15) is 18.5 Å². The van der Waals surface area contributed by atoms with Crippen LogP contribution in [-0.4, -0.2) is 30.7 Å². The van der Waals surface area contributed by atoms with Gasteiger partial charge in [-0.3, -0.25) is 10.1 Å². The van der Waals surface area contributed by atoms with Gasteiger partial charge in [0.1, 0.15) is 0 Å². The number of nitro groups is 1. The molecule has 0 unspecified atom stereocenters. The van der Waals surface area contributed by atoms with Crippen LogP contribution in [0, 0.1) is 17.0 Å². The van der Waals surface area contributed by atoms with Crippen LogP contribution in [-0.2, 0) is 16.6 Å². The monoisotopic (exact) mass is 385 g/mol. The van der Waals surface area contributed by atoms with Crippen molar-refractivity contribution >= 4 is 28.1 Å². The largest absolute Gasteiger partial charge is 0.329 e. The van der Waals surface area contributed by atoms with E-state index >= 15 is 0 Å². The topological polar surface area (TPSA) is 107 Å². The molecule has 25 heavy (non-hydrogen) atoms. The fourth-order valence-electron chi connectivity index (χ4n) is 2.43. The standard InChI is InChI=1S/C16H19N3O4S.ClH/c1-13-15(19(20)21)8-5-9-16(13)24(22,23)18(11-10-17)12-14-6-3-2-4-7-14;/h2-9H,10-12,17H2,1H3;1H. The molecule has 2 aromatic carbocycles. The van der Waals surface area contributed by atoms with Gasteiger partial charge in [-0.25, -0.2) is 8.42 Å². The molecule has 9 heteroatoms. The molecule has 0 aliphatic rings. The lowest BCUT2D eigenvalue weighted by Gasteiger charge is -2.22. The van der Waals surface area contributed by atoms with Crippen LogP contribution in [0.1, 0.15) is 11.1 Å². The van der Waals surface area contributed by atoms with E-state index in [0.29, 0.717) is 0 Å². The molecule has 0 radical (unpaired) electrons. The lowest BCUT2D eigenvalue weighted by Crippen LogP contribution is -2.35. The van der Waals surface area contributed by atoms with Crippen molar-refractivity contribution in [2.75, 3.05) is 13.1 Å². The van der Waals surface area contributed by atoms with Crippen molar-refractivity contribution in [3.63, 3.8) is 0 Å². The highest BCUT2D eigenvalue weighted by atomic mass is 35.5. The maximum absolute atomic E-state index is 13.0. The van der Waals surface area contributed by atoms with Crippen LogP contribution < -0.4 is 5.73 Å². The van der Waals surface area contributed by atoms with Gasteiger partial charge < -0.3 is 5.73 Å². The van der Waals surface area contributed by atoms with Gasteiger partial charge in [-0.2, -0.15) is 4.31 Å². The molecule has 7 nitrogen and oxygen atoms in total. The van der Waals surface area contributed by atoms with E-state index in [0.717, 1.165) is 5.56 Å². The van der Waals surface area contributed by atoms with E-state index in [2.05, 4.69) is 0 Å². The molecule has 0 saturated heterocycles. The summed E-state index contributed by atoms with van der Waals surface area (Å²) in [7, 11) is -3.90. The van der Waals surface area contributed by atoms with Crippen LogP contribution in [0.5, 0.6) is 0 Å². The number of sulfonamides is 1. The van der Waals surface area contributed by atoms with Crippen molar-refractivity contribution in [2.24, 2.45) is 5.73 Å². The lowest BCUT2D eigenvalue weighted by molar-refractivity contribution is -0.385. The summed E-state index contributed by atoms with van der Waals surface area (Å²) >= 11 is 0. The predicted molar refractivity (Wildman–Crippen MR) is 98.2 cm³/mol. The number of halogens is 1. The third-order valence-corrected chi connectivity index (χ3v) is 5.64. The molecule has 0 atom stereocenters. The first-order valence-corrected chi connectivity index (χ1v) is 8.80. The average Bonchev–Trinajstić information content (AvgIpc) is 2.55. The molecule has 2 aromatic rings.